The Morgan fingerprint density at radius 1 is 1.10 bits per heavy atom. The molecule has 0 spiro atoms. The molecule has 1 amide bonds. The summed E-state index contributed by atoms with van der Waals surface area (Å²) >= 11 is 0. The molecular weight excluding hydrogens is 392 g/mol. The molecule has 2 N–H and O–H groups in total. The van der Waals surface area contributed by atoms with Crippen molar-refractivity contribution in [2.45, 2.75) is 13.0 Å². The van der Waals surface area contributed by atoms with Crippen molar-refractivity contribution < 1.29 is 14.6 Å². The van der Waals surface area contributed by atoms with Crippen LogP contribution >= 0.6 is 0 Å². The number of hydrogen-bond acceptors (Lipinski definition) is 5. The van der Waals surface area contributed by atoms with E-state index in [1.165, 1.54) is 6.20 Å². The number of anilines is 1. The molecule has 2 aromatic heterocycles. The molecule has 2 aromatic carbocycles. The molecule has 0 aliphatic heterocycles. The SMILES string of the molecule is COc1cccc(-c2cn(-c3ccccc3)c(NC(=O)c3ccc(C(C)O)nc3)n2)c1. The average molecular weight is 414 g/mol. The highest BCUT2D eigenvalue weighted by Crippen LogP contribution is 2.27. The Kier molecular flexibility index (Phi) is 5.77. The van der Waals surface area contributed by atoms with Crippen LogP contribution in [0.4, 0.5) is 5.95 Å². The second-order valence-electron chi connectivity index (χ2n) is 6.99. The third kappa shape index (κ3) is 4.46. The van der Waals surface area contributed by atoms with Crippen LogP contribution < -0.4 is 10.1 Å². The Balaban J connectivity index is 1.70. The van der Waals surface area contributed by atoms with Gasteiger partial charge in [-0.15, -0.1) is 0 Å². The zero-order chi connectivity index (χ0) is 21.8. The maximum Gasteiger partial charge on any atom is 0.259 e. The molecule has 0 aliphatic carbocycles. The summed E-state index contributed by atoms with van der Waals surface area (Å²) in [5.41, 5.74) is 3.30. The lowest BCUT2D eigenvalue weighted by Gasteiger charge is -2.09. The van der Waals surface area contributed by atoms with E-state index in [9.17, 15) is 9.90 Å². The number of carbonyl (C=O) groups excluding carboxylic acids is 1. The van der Waals surface area contributed by atoms with Gasteiger partial charge < -0.3 is 9.84 Å². The van der Waals surface area contributed by atoms with E-state index in [1.54, 1.807) is 26.2 Å². The summed E-state index contributed by atoms with van der Waals surface area (Å²) < 4.78 is 7.14. The number of nitrogens with zero attached hydrogens (tertiary/aromatic N) is 3. The number of para-hydroxylation sites is 1. The Bertz CT molecular complexity index is 1190. The first kappa shape index (κ1) is 20.3. The fourth-order valence-corrected chi connectivity index (χ4v) is 3.14. The van der Waals surface area contributed by atoms with Crippen LogP contribution in [0.3, 0.4) is 0 Å². The Morgan fingerprint density at radius 3 is 2.58 bits per heavy atom. The van der Waals surface area contributed by atoms with Gasteiger partial charge in [0.2, 0.25) is 5.95 Å². The van der Waals surface area contributed by atoms with E-state index in [-0.39, 0.29) is 5.91 Å². The van der Waals surface area contributed by atoms with Gasteiger partial charge in [-0.2, -0.15) is 0 Å². The van der Waals surface area contributed by atoms with Crippen LogP contribution in [-0.2, 0) is 0 Å². The van der Waals surface area contributed by atoms with Crippen LogP contribution in [0.1, 0.15) is 29.1 Å². The highest BCUT2D eigenvalue weighted by atomic mass is 16.5. The van der Waals surface area contributed by atoms with Gasteiger partial charge in [-0.25, -0.2) is 4.98 Å². The first-order chi connectivity index (χ1) is 15.0. The summed E-state index contributed by atoms with van der Waals surface area (Å²) in [6, 6.07) is 20.5. The minimum Gasteiger partial charge on any atom is -0.497 e. The number of imidazole rings is 1. The summed E-state index contributed by atoms with van der Waals surface area (Å²) in [6.45, 7) is 1.62. The van der Waals surface area contributed by atoms with Crippen molar-refractivity contribution >= 4 is 11.9 Å². The van der Waals surface area contributed by atoms with Gasteiger partial charge in [-0.1, -0.05) is 30.3 Å². The number of rotatable bonds is 6. The van der Waals surface area contributed by atoms with Crippen LogP contribution in [0.5, 0.6) is 5.75 Å². The molecule has 0 saturated carbocycles. The normalized spacial score (nSPS) is 11.7. The van der Waals surface area contributed by atoms with E-state index in [4.69, 9.17) is 4.74 Å². The van der Waals surface area contributed by atoms with E-state index in [1.807, 2.05) is 65.4 Å². The number of ether oxygens (including phenoxy) is 1. The van der Waals surface area contributed by atoms with Crippen molar-refractivity contribution in [3.8, 4) is 22.7 Å². The molecule has 31 heavy (non-hydrogen) atoms. The van der Waals surface area contributed by atoms with Gasteiger partial charge in [-0.3, -0.25) is 19.7 Å². The zero-order valence-electron chi connectivity index (χ0n) is 17.2. The Morgan fingerprint density at radius 2 is 1.90 bits per heavy atom. The van der Waals surface area contributed by atoms with E-state index >= 15 is 0 Å². The van der Waals surface area contributed by atoms with Crippen LogP contribution in [-0.4, -0.2) is 32.7 Å². The standard InChI is InChI=1S/C24H22N4O3/c1-16(29)21-12-11-18(14-25-21)23(30)27-24-26-22(17-7-6-10-20(13-17)31-2)15-28(24)19-8-4-3-5-9-19/h3-16,29H,1-2H3,(H,26,27,30). The quantitative estimate of drug-likeness (QED) is 0.492. The molecular formula is C24H22N4O3. The number of nitrogens with one attached hydrogen (secondary N) is 1. The lowest BCUT2D eigenvalue weighted by molar-refractivity contribution is 0.102. The van der Waals surface area contributed by atoms with Gasteiger partial charge in [0.05, 0.1) is 30.2 Å². The predicted octanol–water partition coefficient (Wildman–Crippen LogP) is 4.25. The summed E-state index contributed by atoms with van der Waals surface area (Å²) in [7, 11) is 1.62. The summed E-state index contributed by atoms with van der Waals surface area (Å²) in [5, 5.41) is 12.5. The van der Waals surface area contributed by atoms with E-state index in [0.717, 1.165) is 17.0 Å². The van der Waals surface area contributed by atoms with Crippen molar-refractivity contribution in [3.63, 3.8) is 0 Å². The molecule has 0 radical (unpaired) electrons. The molecule has 7 nitrogen and oxygen atoms in total. The maximum absolute atomic E-state index is 12.8. The summed E-state index contributed by atoms with van der Waals surface area (Å²) in [4.78, 5) is 21.6. The van der Waals surface area contributed by atoms with Gasteiger partial charge in [0.25, 0.3) is 5.91 Å². The van der Waals surface area contributed by atoms with Gasteiger partial charge in [0.15, 0.2) is 0 Å². The number of aliphatic hydroxyl groups is 1. The van der Waals surface area contributed by atoms with Crippen LogP contribution in [0.15, 0.2) is 79.1 Å². The van der Waals surface area contributed by atoms with Crippen molar-refractivity contribution in [3.05, 3.63) is 90.4 Å². The van der Waals surface area contributed by atoms with Crippen LogP contribution in [0, 0.1) is 0 Å². The van der Waals surface area contributed by atoms with Crippen molar-refractivity contribution in [1.82, 2.24) is 14.5 Å². The van der Waals surface area contributed by atoms with E-state index in [0.29, 0.717) is 22.9 Å². The Labute approximate surface area is 180 Å². The molecule has 4 aromatic rings. The minimum atomic E-state index is -0.695. The molecule has 1 unspecified atom stereocenters. The van der Waals surface area contributed by atoms with Crippen molar-refractivity contribution in [2.24, 2.45) is 0 Å². The topological polar surface area (TPSA) is 89.3 Å². The number of aromatic nitrogens is 3. The zero-order valence-corrected chi connectivity index (χ0v) is 17.2. The molecule has 0 aliphatic rings. The van der Waals surface area contributed by atoms with Gasteiger partial charge in [0, 0.05) is 23.6 Å². The minimum absolute atomic E-state index is 0.343. The largest absolute Gasteiger partial charge is 0.497 e. The first-order valence-corrected chi connectivity index (χ1v) is 9.80. The molecule has 1 atom stereocenters. The Hall–Kier alpha value is -3.97. The highest BCUT2D eigenvalue weighted by molar-refractivity contribution is 6.03. The number of methoxy groups -OCH3 is 1. The molecule has 2 heterocycles. The van der Waals surface area contributed by atoms with Crippen LogP contribution in [0.25, 0.3) is 16.9 Å². The lowest BCUT2D eigenvalue weighted by Crippen LogP contribution is -2.16. The molecule has 7 heteroatoms. The molecule has 156 valence electrons. The number of amides is 1. The monoisotopic (exact) mass is 414 g/mol. The first-order valence-electron chi connectivity index (χ1n) is 9.80. The number of pyridine rings is 1. The fraction of sp³-hybridized carbons (Fsp3) is 0.125. The van der Waals surface area contributed by atoms with Crippen LogP contribution in [0.2, 0.25) is 0 Å². The van der Waals surface area contributed by atoms with Crippen molar-refractivity contribution in [1.29, 1.82) is 0 Å². The molecule has 4 rings (SSSR count). The van der Waals surface area contributed by atoms with Gasteiger partial charge >= 0.3 is 0 Å². The average Bonchev–Trinajstić information content (AvgIpc) is 3.23. The number of benzene rings is 2. The second-order valence-corrected chi connectivity index (χ2v) is 6.99. The smallest absolute Gasteiger partial charge is 0.259 e. The maximum atomic E-state index is 12.8. The van der Waals surface area contributed by atoms with Gasteiger partial charge in [-0.05, 0) is 43.3 Å². The fourth-order valence-electron chi connectivity index (χ4n) is 3.14. The predicted molar refractivity (Wildman–Crippen MR) is 118 cm³/mol. The summed E-state index contributed by atoms with van der Waals surface area (Å²) in [6.07, 6.45) is 2.62. The second kappa shape index (κ2) is 8.81. The van der Waals surface area contributed by atoms with E-state index in [2.05, 4.69) is 15.3 Å². The molecule has 0 fully saturated rings. The van der Waals surface area contributed by atoms with E-state index < -0.39 is 6.10 Å². The molecule has 0 bridgehead atoms. The number of hydrogen-bond donors (Lipinski definition) is 2. The lowest BCUT2D eigenvalue weighted by atomic mass is 10.1. The number of aliphatic hydroxyl groups excluding tert-OH is 1. The van der Waals surface area contributed by atoms with Gasteiger partial charge in [0.1, 0.15) is 5.75 Å². The highest BCUT2D eigenvalue weighted by Gasteiger charge is 2.16. The summed E-state index contributed by atoms with van der Waals surface area (Å²) in [5.74, 6) is 0.764. The third-order valence-corrected chi connectivity index (χ3v) is 4.81. The third-order valence-electron chi connectivity index (χ3n) is 4.81. The number of carbonyl (C=O) groups is 1. The molecule has 0 saturated heterocycles. The van der Waals surface area contributed by atoms with Crippen molar-refractivity contribution in [2.75, 3.05) is 12.4 Å².